The summed E-state index contributed by atoms with van der Waals surface area (Å²) in [5.74, 6) is -1.22. The first kappa shape index (κ1) is 7.43. The average molecular weight is 149 g/mol. The highest BCUT2D eigenvalue weighted by Crippen LogP contribution is 2.10. The molecule has 0 amide bonds. The van der Waals surface area contributed by atoms with Crippen LogP contribution in [-0.4, -0.2) is 41.0 Å². The lowest BCUT2D eigenvalue weighted by Crippen LogP contribution is -2.39. The zero-order valence-electron chi connectivity index (χ0n) is 5.12. The summed E-state index contributed by atoms with van der Waals surface area (Å²) in [6, 6.07) is -1.14. The van der Waals surface area contributed by atoms with Crippen LogP contribution >= 0.6 is 0 Å². The Morgan fingerprint density at radius 2 is 2.30 bits per heavy atom. The maximum atomic E-state index is 12.4. The van der Waals surface area contributed by atoms with E-state index in [-0.39, 0.29) is 6.54 Å². The number of nitrogens with one attached hydrogen (secondary N) is 1. The first-order valence-electron chi connectivity index (χ1n) is 2.91. The molecule has 58 valence electrons. The third-order valence-corrected chi connectivity index (χ3v) is 1.51. The van der Waals surface area contributed by atoms with Gasteiger partial charge in [0.05, 0.1) is 0 Å². The van der Waals surface area contributed by atoms with Crippen molar-refractivity contribution < 1.29 is 19.4 Å². The van der Waals surface area contributed by atoms with Gasteiger partial charge in [-0.2, -0.15) is 0 Å². The number of rotatable bonds is 1. The Hall–Kier alpha value is -0.680. The molecular formula is C5H8FNO3. The molecule has 5 heteroatoms. The molecular weight excluding hydrogens is 141 g/mol. The number of carbonyl (C=O) groups is 1. The molecule has 1 heterocycles. The second-order valence-corrected chi connectivity index (χ2v) is 2.23. The van der Waals surface area contributed by atoms with Gasteiger partial charge in [0.2, 0.25) is 0 Å². The highest BCUT2D eigenvalue weighted by atomic mass is 19.1. The first-order valence-corrected chi connectivity index (χ1v) is 2.91. The summed E-state index contributed by atoms with van der Waals surface area (Å²) in [4.78, 5) is 10.2. The van der Waals surface area contributed by atoms with E-state index in [0.717, 1.165) is 0 Å². The maximum Gasteiger partial charge on any atom is 0.323 e. The van der Waals surface area contributed by atoms with Gasteiger partial charge >= 0.3 is 5.97 Å². The van der Waals surface area contributed by atoms with Gasteiger partial charge in [-0.25, -0.2) is 4.39 Å². The Morgan fingerprint density at radius 3 is 2.50 bits per heavy atom. The fourth-order valence-electron chi connectivity index (χ4n) is 0.923. The van der Waals surface area contributed by atoms with Crippen molar-refractivity contribution in [3.63, 3.8) is 0 Å². The van der Waals surface area contributed by atoms with Gasteiger partial charge < -0.3 is 10.2 Å². The Morgan fingerprint density at radius 1 is 1.70 bits per heavy atom. The van der Waals surface area contributed by atoms with Crippen LogP contribution in [0.3, 0.4) is 0 Å². The van der Waals surface area contributed by atoms with Crippen LogP contribution in [0.4, 0.5) is 4.39 Å². The van der Waals surface area contributed by atoms with E-state index in [1.165, 1.54) is 0 Å². The van der Waals surface area contributed by atoms with Gasteiger partial charge in [-0.15, -0.1) is 0 Å². The monoisotopic (exact) mass is 149 g/mol. The minimum Gasteiger partial charge on any atom is -0.480 e. The zero-order valence-corrected chi connectivity index (χ0v) is 5.12. The first-order chi connectivity index (χ1) is 4.63. The van der Waals surface area contributed by atoms with E-state index in [0.29, 0.717) is 0 Å². The van der Waals surface area contributed by atoms with E-state index in [1.807, 2.05) is 0 Å². The van der Waals surface area contributed by atoms with Crippen molar-refractivity contribution in [2.24, 2.45) is 0 Å². The molecule has 0 bridgehead atoms. The molecule has 0 aromatic heterocycles. The Kier molecular flexibility index (Phi) is 1.87. The van der Waals surface area contributed by atoms with Crippen LogP contribution in [0.15, 0.2) is 0 Å². The number of alkyl halides is 1. The van der Waals surface area contributed by atoms with Crippen LogP contribution in [0, 0.1) is 0 Å². The predicted octanol–water partition coefficient (Wildman–Crippen LogP) is -1.26. The molecule has 1 aliphatic heterocycles. The molecule has 1 fully saturated rings. The predicted molar refractivity (Wildman–Crippen MR) is 30.3 cm³/mol. The van der Waals surface area contributed by atoms with Crippen molar-refractivity contribution in [2.45, 2.75) is 18.3 Å². The van der Waals surface area contributed by atoms with Crippen molar-refractivity contribution in [3.8, 4) is 0 Å². The zero-order chi connectivity index (χ0) is 7.72. The number of halogens is 1. The number of carboxylic acids is 1. The van der Waals surface area contributed by atoms with Crippen LogP contribution in [0.25, 0.3) is 0 Å². The Labute approximate surface area is 56.7 Å². The van der Waals surface area contributed by atoms with Gasteiger partial charge in [-0.3, -0.25) is 10.1 Å². The van der Waals surface area contributed by atoms with Crippen molar-refractivity contribution in [1.29, 1.82) is 0 Å². The standard InChI is InChI=1S/C5H8FNO3/c6-2-1-7-3(4(2)8)5(9)10/h2-4,7-8H,1H2,(H,9,10). The molecule has 1 aliphatic rings. The van der Waals surface area contributed by atoms with Gasteiger partial charge in [-0.05, 0) is 0 Å². The fraction of sp³-hybridized carbons (Fsp3) is 0.800. The summed E-state index contributed by atoms with van der Waals surface area (Å²) >= 11 is 0. The molecule has 0 saturated carbocycles. The molecule has 10 heavy (non-hydrogen) atoms. The minimum atomic E-state index is -1.46. The number of carboxylic acid groups (broad SMARTS) is 1. The van der Waals surface area contributed by atoms with E-state index in [9.17, 15) is 9.18 Å². The largest absolute Gasteiger partial charge is 0.480 e. The van der Waals surface area contributed by atoms with E-state index >= 15 is 0 Å². The topological polar surface area (TPSA) is 69.6 Å². The summed E-state index contributed by atoms with van der Waals surface area (Å²) in [7, 11) is 0. The molecule has 0 radical (unpaired) electrons. The maximum absolute atomic E-state index is 12.4. The summed E-state index contributed by atoms with van der Waals surface area (Å²) in [6.07, 6.45) is -2.86. The number of hydrogen-bond acceptors (Lipinski definition) is 3. The number of aliphatic hydroxyl groups is 1. The molecule has 0 aromatic carbocycles. The van der Waals surface area contributed by atoms with Gasteiger partial charge in [-0.1, -0.05) is 0 Å². The minimum absolute atomic E-state index is 0.0852. The van der Waals surface area contributed by atoms with Crippen molar-refractivity contribution in [1.82, 2.24) is 5.32 Å². The third kappa shape index (κ3) is 1.10. The van der Waals surface area contributed by atoms with Gasteiger partial charge in [0.1, 0.15) is 18.3 Å². The molecule has 0 aromatic rings. The van der Waals surface area contributed by atoms with Crippen LogP contribution in [-0.2, 0) is 4.79 Å². The molecule has 0 spiro atoms. The van der Waals surface area contributed by atoms with Gasteiger partial charge in [0.25, 0.3) is 0 Å². The molecule has 1 rings (SSSR count). The number of hydrogen-bond donors (Lipinski definition) is 3. The smallest absolute Gasteiger partial charge is 0.323 e. The molecule has 3 unspecified atom stereocenters. The van der Waals surface area contributed by atoms with Crippen LogP contribution in [0.1, 0.15) is 0 Å². The number of aliphatic carboxylic acids is 1. The average Bonchev–Trinajstić information content (AvgIpc) is 2.14. The van der Waals surface area contributed by atoms with Crippen LogP contribution < -0.4 is 5.32 Å². The lowest BCUT2D eigenvalue weighted by molar-refractivity contribution is -0.141. The van der Waals surface area contributed by atoms with Crippen LogP contribution in [0.2, 0.25) is 0 Å². The third-order valence-electron chi connectivity index (χ3n) is 1.51. The van der Waals surface area contributed by atoms with E-state index in [1.54, 1.807) is 0 Å². The van der Waals surface area contributed by atoms with Crippen molar-refractivity contribution in [2.75, 3.05) is 6.54 Å². The quantitative estimate of drug-likeness (QED) is 0.435. The number of aliphatic hydroxyl groups excluding tert-OH is 1. The summed E-state index contributed by atoms with van der Waals surface area (Å²) in [6.45, 7) is -0.0852. The lowest BCUT2D eigenvalue weighted by atomic mass is 10.2. The van der Waals surface area contributed by atoms with Gasteiger partial charge in [0, 0.05) is 6.54 Å². The molecule has 0 aliphatic carbocycles. The highest BCUT2D eigenvalue weighted by Gasteiger charge is 2.38. The SMILES string of the molecule is O=C(O)C1NCC(F)C1O. The molecule has 3 atom stereocenters. The molecule has 4 nitrogen and oxygen atoms in total. The second-order valence-electron chi connectivity index (χ2n) is 2.23. The van der Waals surface area contributed by atoms with Crippen molar-refractivity contribution in [3.05, 3.63) is 0 Å². The highest BCUT2D eigenvalue weighted by molar-refractivity contribution is 5.74. The summed E-state index contributed by atoms with van der Waals surface area (Å²) < 4.78 is 12.4. The Balaban J connectivity index is 2.57. The van der Waals surface area contributed by atoms with Crippen LogP contribution in [0.5, 0.6) is 0 Å². The van der Waals surface area contributed by atoms with E-state index in [2.05, 4.69) is 5.32 Å². The summed E-state index contributed by atoms with van der Waals surface area (Å²) in [5, 5.41) is 19.5. The van der Waals surface area contributed by atoms with E-state index in [4.69, 9.17) is 10.2 Å². The molecule has 3 N–H and O–H groups in total. The fourth-order valence-corrected chi connectivity index (χ4v) is 0.923. The molecule has 1 saturated heterocycles. The van der Waals surface area contributed by atoms with E-state index < -0.39 is 24.3 Å². The normalized spacial score (nSPS) is 40.0. The van der Waals surface area contributed by atoms with Crippen molar-refractivity contribution >= 4 is 5.97 Å². The Bertz CT molecular complexity index is 152. The van der Waals surface area contributed by atoms with Gasteiger partial charge in [0.15, 0.2) is 0 Å². The second kappa shape index (κ2) is 2.51. The summed E-state index contributed by atoms with van der Waals surface area (Å²) in [5.41, 5.74) is 0. The lowest BCUT2D eigenvalue weighted by Gasteiger charge is -2.08.